The molecule has 430 valence electrons. The first-order chi connectivity index (χ1) is 35.8. The van der Waals surface area contributed by atoms with Gasteiger partial charge in [-0.3, -0.25) is 38.5 Å². The van der Waals surface area contributed by atoms with Crippen molar-refractivity contribution >= 4 is 41.0 Å². The van der Waals surface area contributed by atoms with E-state index in [0.29, 0.717) is 103 Å². The summed E-state index contributed by atoms with van der Waals surface area (Å²) in [5.41, 5.74) is 0. The highest BCUT2D eigenvalue weighted by atomic mass is 16.7. The highest BCUT2D eigenvalue weighted by molar-refractivity contribution is 6.13. The van der Waals surface area contributed by atoms with Gasteiger partial charge in [-0.1, -0.05) is 26.7 Å². The number of ether oxygens (including phenoxy) is 6. The first-order valence-corrected chi connectivity index (χ1v) is 27.2. The first kappa shape index (κ1) is 65.6. The highest BCUT2D eigenvalue weighted by Crippen LogP contribution is 2.28. The number of carbonyl (C=O) groups is 7. The normalized spacial score (nSPS) is 25.4. The summed E-state index contributed by atoms with van der Waals surface area (Å²) < 4.78 is 34.3. The number of aliphatic hydroxyl groups is 6. The van der Waals surface area contributed by atoms with Gasteiger partial charge < -0.3 is 69.7 Å². The van der Waals surface area contributed by atoms with Crippen LogP contribution in [0.3, 0.4) is 0 Å². The Labute approximate surface area is 441 Å². The summed E-state index contributed by atoms with van der Waals surface area (Å²) in [4.78, 5) is 88.3. The molecular formula is C53H89N3O19. The van der Waals surface area contributed by atoms with Crippen molar-refractivity contribution in [3.05, 3.63) is 12.2 Å². The SMILES string of the molecule is CC1[C@H](OCCCCC(=O)NCCCC[C@H](CC(=O)CCCCO[C@@H]2OC(CO)[C@H](O)C(O)[C@@H]2C)C(=O)NCCCCCC(=O)CCCOC(C)(C)OCCCC(=O)CCN2C(=O)C=CC2=O)OC(CO)C(O)[C@H]1O. The smallest absolute Gasteiger partial charge is 0.253 e. The summed E-state index contributed by atoms with van der Waals surface area (Å²) in [6, 6.07) is 0. The molecule has 75 heavy (non-hydrogen) atoms. The van der Waals surface area contributed by atoms with E-state index in [1.165, 1.54) is 12.2 Å². The number of carbonyl (C=O) groups excluding carboxylic acids is 7. The fourth-order valence-corrected chi connectivity index (χ4v) is 8.90. The highest BCUT2D eigenvalue weighted by Gasteiger charge is 2.43. The third kappa shape index (κ3) is 24.7. The second kappa shape index (κ2) is 35.7. The van der Waals surface area contributed by atoms with Gasteiger partial charge in [-0.15, -0.1) is 0 Å². The summed E-state index contributed by atoms with van der Waals surface area (Å²) in [6.07, 6.45) is 2.49. The lowest BCUT2D eigenvalue weighted by Crippen LogP contribution is -2.55. The van der Waals surface area contributed by atoms with Gasteiger partial charge in [0.15, 0.2) is 18.4 Å². The molecule has 3 aliphatic rings. The molecular weight excluding hydrogens is 983 g/mol. The Hall–Kier alpha value is -3.65. The van der Waals surface area contributed by atoms with Crippen LogP contribution in [0.1, 0.15) is 150 Å². The average molecular weight is 1070 g/mol. The van der Waals surface area contributed by atoms with Crippen LogP contribution >= 0.6 is 0 Å². The number of ketones is 3. The van der Waals surface area contributed by atoms with Crippen LogP contribution in [0.2, 0.25) is 0 Å². The standard InChI is InChI=1S/C53H89N3O19/c1-35-46(65)48(67)41(33-57)74-51(35)70-28-12-8-18-40(61)32-37(16-7-11-25-54-43(62)21-9-13-29-71-52-36(2)47(66)49(68)42(34-58)75-52)50(69)55-26-10-5-6-17-38(59)19-14-30-72-53(3,4)73-31-15-20-39(60)24-27-56-44(63)22-23-45(56)64/h22-23,35-37,41-42,46-49,51-52,57-58,65-68H,5-21,24-34H2,1-4H3,(H,54,62)(H,55,69)/t35-,36?,37+,41?,42?,46?,47-,48-,49?,51+,52+/m0/s1. The molecule has 0 aromatic heterocycles. The third-order valence-electron chi connectivity index (χ3n) is 13.8. The van der Waals surface area contributed by atoms with Crippen molar-refractivity contribution in [1.82, 2.24) is 15.5 Å². The number of hydrogen-bond acceptors (Lipinski definition) is 19. The minimum absolute atomic E-state index is 0.0483. The van der Waals surface area contributed by atoms with Gasteiger partial charge in [-0.25, -0.2) is 0 Å². The maximum absolute atomic E-state index is 13.4. The number of imide groups is 1. The van der Waals surface area contributed by atoms with E-state index < -0.39 is 97.8 Å². The lowest BCUT2D eigenvalue weighted by molar-refractivity contribution is -0.282. The number of amides is 4. The predicted octanol–water partition coefficient (Wildman–Crippen LogP) is 1.83. The van der Waals surface area contributed by atoms with E-state index in [-0.39, 0.29) is 87.6 Å². The monoisotopic (exact) mass is 1070 g/mol. The van der Waals surface area contributed by atoms with Crippen LogP contribution in [-0.4, -0.2) is 191 Å². The summed E-state index contributed by atoms with van der Waals surface area (Å²) in [7, 11) is 0. The summed E-state index contributed by atoms with van der Waals surface area (Å²) in [5, 5.41) is 65.4. The molecule has 8 N–H and O–H groups in total. The van der Waals surface area contributed by atoms with Crippen LogP contribution in [0, 0.1) is 17.8 Å². The Morgan fingerprint density at radius 2 is 1.05 bits per heavy atom. The molecule has 11 atom stereocenters. The minimum atomic E-state index is -1.23. The van der Waals surface area contributed by atoms with Crippen molar-refractivity contribution in [1.29, 1.82) is 0 Å². The van der Waals surface area contributed by atoms with Crippen LogP contribution in [0.25, 0.3) is 0 Å². The second-order valence-electron chi connectivity index (χ2n) is 20.5. The summed E-state index contributed by atoms with van der Waals surface area (Å²) in [5.74, 6) is -3.76. The van der Waals surface area contributed by atoms with Crippen LogP contribution in [0.15, 0.2) is 12.2 Å². The summed E-state index contributed by atoms with van der Waals surface area (Å²) >= 11 is 0. The van der Waals surface area contributed by atoms with Gasteiger partial charge in [0.25, 0.3) is 11.8 Å². The second-order valence-corrected chi connectivity index (χ2v) is 20.5. The van der Waals surface area contributed by atoms with E-state index in [1.807, 2.05) is 0 Å². The molecule has 22 nitrogen and oxygen atoms in total. The molecule has 0 spiro atoms. The van der Waals surface area contributed by atoms with Crippen molar-refractivity contribution in [2.24, 2.45) is 17.8 Å². The molecule has 0 bridgehead atoms. The van der Waals surface area contributed by atoms with E-state index >= 15 is 0 Å². The van der Waals surface area contributed by atoms with Gasteiger partial charge >= 0.3 is 0 Å². The number of rotatable bonds is 41. The van der Waals surface area contributed by atoms with Crippen LogP contribution in [0.5, 0.6) is 0 Å². The fourth-order valence-electron chi connectivity index (χ4n) is 8.90. The molecule has 0 aromatic rings. The topological polar surface area (TPSA) is 324 Å². The largest absolute Gasteiger partial charge is 0.394 e. The van der Waals surface area contributed by atoms with Crippen molar-refractivity contribution in [2.45, 2.75) is 205 Å². The van der Waals surface area contributed by atoms with Crippen molar-refractivity contribution in [3.63, 3.8) is 0 Å². The lowest BCUT2D eigenvalue weighted by Gasteiger charge is -2.40. The minimum Gasteiger partial charge on any atom is -0.394 e. The number of nitrogens with zero attached hydrogens (tertiary/aromatic N) is 1. The molecule has 3 rings (SSSR count). The van der Waals surface area contributed by atoms with E-state index in [2.05, 4.69) is 10.6 Å². The van der Waals surface area contributed by atoms with Gasteiger partial charge in [-0.05, 0) is 78.1 Å². The average Bonchev–Trinajstić information content (AvgIpc) is 3.71. The predicted molar refractivity (Wildman–Crippen MR) is 270 cm³/mol. The zero-order valence-electron chi connectivity index (χ0n) is 44.7. The lowest BCUT2D eigenvalue weighted by atomic mass is 9.92. The molecule has 5 unspecified atom stereocenters. The van der Waals surface area contributed by atoms with Gasteiger partial charge in [0.2, 0.25) is 11.8 Å². The maximum atomic E-state index is 13.4. The number of hydrogen-bond donors (Lipinski definition) is 8. The van der Waals surface area contributed by atoms with Gasteiger partial charge in [0, 0.05) is 108 Å². The molecule has 22 heteroatoms. The third-order valence-corrected chi connectivity index (χ3v) is 13.8. The molecule has 0 aliphatic carbocycles. The number of nitrogens with one attached hydrogen (secondary N) is 2. The van der Waals surface area contributed by atoms with Gasteiger partial charge in [-0.2, -0.15) is 0 Å². The van der Waals surface area contributed by atoms with Gasteiger partial charge in [0.05, 0.1) is 38.6 Å². The molecule has 4 amide bonds. The Bertz CT molecular complexity index is 1760. The molecule has 3 aliphatic heterocycles. The van der Waals surface area contributed by atoms with E-state index in [4.69, 9.17) is 28.4 Å². The molecule has 0 saturated carbocycles. The number of aliphatic hydroxyl groups excluding tert-OH is 6. The number of Topliss-reactive ketones (excluding diaryl/α,β-unsaturated/α-hetero) is 3. The Morgan fingerprint density at radius 3 is 1.60 bits per heavy atom. The number of unbranched alkanes of at least 4 members (excludes halogenated alkanes) is 5. The summed E-state index contributed by atoms with van der Waals surface area (Å²) in [6.45, 7) is 7.87. The van der Waals surface area contributed by atoms with Crippen molar-refractivity contribution < 1.29 is 92.6 Å². The maximum Gasteiger partial charge on any atom is 0.253 e. The quantitative estimate of drug-likeness (QED) is 0.0246. The fraction of sp³-hybridized carbons (Fsp3) is 0.830. The first-order valence-electron chi connectivity index (χ1n) is 27.2. The van der Waals surface area contributed by atoms with Crippen LogP contribution in [-0.2, 0) is 62.0 Å². The Balaban J connectivity index is 1.31. The van der Waals surface area contributed by atoms with E-state index in [1.54, 1.807) is 27.7 Å². The van der Waals surface area contributed by atoms with E-state index in [9.17, 15) is 64.2 Å². The Kier molecular flexibility index (Phi) is 31.2. The molecule has 2 saturated heterocycles. The molecule has 0 aromatic carbocycles. The van der Waals surface area contributed by atoms with E-state index in [0.717, 1.165) is 11.3 Å². The zero-order chi connectivity index (χ0) is 55.3. The van der Waals surface area contributed by atoms with Crippen LogP contribution < -0.4 is 10.6 Å². The molecule has 0 radical (unpaired) electrons. The van der Waals surface area contributed by atoms with Crippen molar-refractivity contribution in [3.8, 4) is 0 Å². The van der Waals surface area contributed by atoms with Crippen LogP contribution in [0.4, 0.5) is 0 Å². The zero-order valence-corrected chi connectivity index (χ0v) is 44.7. The molecule has 3 heterocycles. The Morgan fingerprint density at radius 1 is 0.587 bits per heavy atom. The molecule has 2 fully saturated rings. The van der Waals surface area contributed by atoms with Crippen molar-refractivity contribution in [2.75, 3.05) is 59.3 Å². The van der Waals surface area contributed by atoms with Gasteiger partial charge in [0.1, 0.15) is 41.8 Å².